The molecule has 0 saturated carbocycles. The Kier molecular flexibility index (Phi) is 6.43. The molecule has 0 bridgehead atoms. The summed E-state index contributed by atoms with van der Waals surface area (Å²) in [5.74, 6) is -0.0758. The van der Waals surface area contributed by atoms with Gasteiger partial charge >= 0.3 is 0 Å². The lowest BCUT2D eigenvalue weighted by atomic mass is 10.3. The Morgan fingerprint density at radius 2 is 1.77 bits per heavy atom. The Bertz CT molecular complexity index is 1200. The molecule has 4 rings (SSSR count). The predicted molar refractivity (Wildman–Crippen MR) is 132 cm³/mol. The summed E-state index contributed by atoms with van der Waals surface area (Å²) in [6.07, 6.45) is 1.91. The van der Waals surface area contributed by atoms with Gasteiger partial charge in [-0.3, -0.25) is 19.1 Å². The Morgan fingerprint density at radius 1 is 1.00 bits per heavy atom. The third-order valence-corrected chi connectivity index (χ3v) is 9.17. The zero-order chi connectivity index (χ0) is 21.4. The van der Waals surface area contributed by atoms with Crippen LogP contribution in [0.3, 0.4) is 0 Å². The number of hydrogen-bond acceptors (Lipinski definition) is 7. The van der Waals surface area contributed by atoms with Crippen LogP contribution >= 0.6 is 47.1 Å². The number of fused-ring (bicyclic) bond motifs is 1. The molecule has 1 aromatic heterocycles. The van der Waals surface area contributed by atoms with Gasteiger partial charge in [0.25, 0.3) is 11.5 Å². The number of benzene rings is 1. The molecule has 2 aliphatic rings. The molecule has 5 nitrogen and oxygen atoms in total. The molecule has 1 saturated heterocycles. The molecule has 0 aliphatic carbocycles. The molecule has 158 valence electrons. The number of para-hydroxylation sites is 1. The van der Waals surface area contributed by atoms with Crippen molar-refractivity contribution < 1.29 is 4.79 Å². The predicted octanol–water partition coefficient (Wildman–Crippen LogP) is 3.40. The van der Waals surface area contributed by atoms with Crippen molar-refractivity contribution >= 4 is 72.9 Å². The third-order valence-electron chi connectivity index (χ3n) is 5.10. The summed E-state index contributed by atoms with van der Waals surface area (Å²) in [6, 6.07) is 8.20. The summed E-state index contributed by atoms with van der Waals surface area (Å²) in [4.78, 5) is 32.0. The van der Waals surface area contributed by atoms with Gasteiger partial charge in [-0.1, -0.05) is 61.2 Å². The molecule has 3 heterocycles. The fourth-order valence-corrected chi connectivity index (χ4v) is 7.58. The van der Waals surface area contributed by atoms with E-state index in [-0.39, 0.29) is 11.5 Å². The van der Waals surface area contributed by atoms with Crippen molar-refractivity contribution in [1.29, 1.82) is 0 Å². The number of rotatable bonds is 5. The monoisotopic (exact) mass is 477 g/mol. The van der Waals surface area contributed by atoms with E-state index < -0.39 is 0 Å². The van der Waals surface area contributed by atoms with Crippen LogP contribution in [0.5, 0.6) is 0 Å². The van der Waals surface area contributed by atoms with E-state index in [0.29, 0.717) is 31.5 Å². The minimum atomic E-state index is -0.0758. The normalized spacial score (nSPS) is 19.8. The first-order chi connectivity index (χ1) is 14.5. The lowest BCUT2D eigenvalue weighted by molar-refractivity contribution is -0.120. The van der Waals surface area contributed by atoms with Crippen LogP contribution in [-0.2, 0) is 11.3 Å². The molecule has 30 heavy (non-hydrogen) atoms. The minimum absolute atomic E-state index is 0.0370. The molecule has 0 radical (unpaired) electrons. The van der Waals surface area contributed by atoms with Crippen molar-refractivity contribution in [3.05, 3.63) is 43.8 Å². The quantitative estimate of drug-likeness (QED) is 0.615. The summed E-state index contributed by atoms with van der Waals surface area (Å²) >= 11 is 9.82. The molecule has 1 fully saturated rings. The van der Waals surface area contributed by atoms with Gasteiger partial charge in [-0.15, -0.1) is 11.3 Å². The number of hydrogen-bond donors (Lipinski definition) is 0. The lowest BCUT2D eigenvalue weighted by Gasteiger charge is -2.16. The number of aromatic nitrogens is 1. The highest BCUT2D eigenvalue weighted by Crippen LogP contribution is 2.45. The van der Waals surface area contributed by atoms with E-state index in [9.17, 15) is 9.59 Å². The van der Waals surface area contributed by atoms with Gasteiger partial charge < -0.3 is 4.90 Å². The standard InChI is InChI=1S/C21H23N3O2S4/c1-4-7-12-24-18(26)16(30-21(24)27)20-23(6-3)17(25)15(29-20)19-22(5-2)13-10-8-9-11-14(13)28-19/h8-11H,4-7,12H2,1-3H3. The van der Waals surface area contributed by atoms with Gasteiger partial charge in [0, 0.05) is 24.5 Å². The van der Waals surface area contributed by atoms with E-state index in [1.807, 2.05) is 19.1 Å². The number of thioether (sulfide) groups is 2. The second-order valence-electron chi connectivity index (χ2n) is 6.91. The summed E-state index contributed by atoms with van der Waals surface area (Å²) in [7, 11) is 0. The summed E-state index contributed by atoms with van der Waals surface area (Å²) in [5.41, 5.74) is 1.09. The van der Waals surface area contributed by atoms with Crippen LogP contribution in [0.25, 0.3) is 9.93 Å². The van der Waals surface area contributed by atoms with Gasteiger partial charge in [-0.2, -0.15) is 0 Å². The van der Waals surface area contributed by atoms with E-state index in [1.54, 1.807) is 21.2 Å². The van der Waals surface area contributed by atoms with Crippen LogP contribution in [0.1, 0.15) is 33.6 Å². The van der Waals surface area contributed by atoms with Crippen LogP contribution in [0.15, 0.2) is 34.0 Å². The van der Waals surface area contributed by atoms with Gasteiger partial charge in [0.05, 0.1) is 5.69 Å². The number of carbonyl (C=O) groups excluding carboxylic acids is 1. The van der Waals surface area contributed by atoms with Crippen molar-refractivity contribution in [2.24, 2.45) is 0 Å². The molecular weight excluding hydrogens is 455 g/mol. The first-order valence-electron chi connectivity index (χ1n) is 10.1. The maximum atomic E-state index is 13.4. The molecule has 2 aromatic rings. The van der Waals surface area contributed by atoms with Crippen LogP contribution in [0.2, 0.25) is 0 Å². The average molecular weight is 478 g/mol. The van der Waals surface area contributed by atoms with Gasteiger partial charge in [-0.05, 0) is 32.4 Å². The van der Waals surface area contributed by atoms with Gasteiger partial charge in [-0.25, -0.2) is 0 Å². The molecule has 0 atom stereocenters. The zero-order valence-corrected chi connectivity index (χ0v) is 20.4. The maximum absolute atomic E-state index is 13.4. The summed E-state index contributed by atoms with van der Waals surface area (Å²) < 4.78 is 3.71. The summed E-state index contributed by atoms with van der Waals surface area (Å²) in [6.45, 7) is 8.04. The van der Waals surface area contributed by atoms with Gasteiger partial charge in [0.15, 0.2) is 0 Å². The van der Waals surface area contributed by atoms with E-state index >= 15 is 0 Å². The number of thiocarbonyl (C=S) groups is 1. The Labute approximate surface area is 193 Å². The number of amides is 1. The number of carbonyl (C=O) groups is 1. The van der Waals surface area contributed by atoms with E-state index in [2.05, 4.69) is 30.9 Å². The summed E-state index contributed by atoms with van der Waals surface area (Å²) in [5, 5.41) is 0.948. The molecule has 0 spiro atoms. The van der Waals surface area contributed by atoms with E-state index in [0.717, 1.165) is 35.0 Å². The van der Waals surface area contributed by atoms with Crippen LogP contribution < -0.4 is 19.7 Å². The SMILES string of the molecule is CCCCN1C(=O)C(=c2sc(=C3Sc4ccccc4N3CC)c(=O)n2CC)SC1=S. The average Bonchev–Trinajstić information content (AvgIpc) is 3.37. The first-order valence-corrected chi connectivity index (χ1v) is 12.9. The number of nitrogens with zero attached hydrogens (tertiary/aromatic N) is 3. The van der Waals surface area contributed by atoms with Crippen molar-refractivity contribution in [2.75, 3.05) is 18.0 Å². The zero-order valence-electron chi connectivity index (χ0n) is 17.1. The van der Waals surface area contributed by atoms with Crippen molar-refractivity contribution in [3.8, 4) is 0 Å². The first kappa shape index (κ1) is 21.7. The maximum Gasteiger partial charge on any atom is 0.271 e. The Hall–Kier alpha value is -1.55. The van der Waals surface area contributed by atoms with Crippen LogP contribution in [-0.4, -0.2) is 32.8 Å². The third kappa shape index (κ3) is 3.55. The highest BCUT2D eigenvalue weighted by Gasteiger charge is 2.34. The highest BCUT2D eigenvalue weighted by atomic mass is 32.2. The van der Waals surface area contributed by atoms with Crippen LogP contribution in [0, 0.1) is 0 Å². The fraction of sp³-hybridized carbons (Fsp3) is 0.381. The van der Waals surface area contributed by atoms with Crippen molar-refractivity contribution in [1.82, 2.24) is 9.47 Å². The largest absolute Gasteiger partial charge is 0.334 e. The molecule has 2 aliphatic heterocycles. The van der Waals surface area contributed by atoms with E-state index in [4.69, 9.17) is 12.2 Å². The number of unbranched alkanes of at least 4 members (excludes halogenated alkanes) is 1. The Morgan fingerprint density at radius 3 is 2.47 bits per heavy atom. The smallest absolute Gasteiger partial charge is 0.271 e. The van der Waals surface area contributed by atoms with Gasteiger partial charge in [0.1, 0.15) is 23.4 Å². The number of thiazole rings is 1. The number of anilines is 1. The fourth-order valence-electron chi connectivity index (χ4n) is 3.56. The second kappa shape index (κ2) is 8.90. The molecular formula is C21H23N3O2S4. The second-order valence-corrected chi connectivity index (χ2v) is 10.6. The molecule has 0 unspecified atom stereocenters. The molecule has 0 N–H and O–H groups in total. The van der Waals surface area contributed by atoms with Crippen molar-refractivity contribution in [3.63, 3.8) is 0 Å². The minimum Gasteiger partial charge on any atom is -0.334 e. The topological polar surface area (TPSA) is 45.6 Å². The molecule has 1 aromatic carbocycles. The lowest BCUT2D eigenvalue weighted by Crippen LogP contribution is -2.35. The molecule has 9 heteroatoms. The van der Waals surface area contributed by atoms with Crippen molar-refractivity contribution in [2.45, 2.75) is 45.1 Å². The molecule has 1 amide bonds. The van der Waals surface area contributed by atoms with Gasteiger partial charge in [0.2, 0.25) is 0 Å². The van der Waals surface area contributed by atoms with E-state index in [1.165, 1.54) is 23.1 Å². The highest BCUT2D eigenvalue weighted by molar-refractivity contribution is 8.30. The van der Waals surface area contributed by atoms with Crippen LogP contribution in [0.4, 0.5) is 5.69 Å². The Balaban J connectivity index is 1.91.